The van der Waals surface area contributed by atoms with Gasteiger partial charge in [0.05, 0.1) is 0 Å². The van der Waals surface area contributed by atoms with Gasteiger partial charge in [0.2, 0.25) is 0 Å². The normalized spacial score (nSPS) is 14.9. The van der Waals surface area contributed by atoms with Gasteiger partial charge in [-0.05, 0) is 12.5 Å². The summed E-state index contributed by atoms with van der Waals surface area (Å²) in [7, 11) is 0. The van der Waals surface area contributed by atoms with Gasteiger partial charge in [0.15, 0.2) is 0 Å². The van der Waals surface area contributed by atoms with Gasteiger partial charge in [-0.25, -0.2) is 0 Å². The lowest BCUT2D eigenvalue weighted by atomic mass is 10.0. The van der Waals surface area contributed by atoms with E-state index >= 15 is 0 Å². The summed E-state index contributed by atoms with van der Waals surface area (Å²) in [6.07, 6.45) is -5.58. The average Bonchev–Trinajstić information content (AvgIpc) is 2.16. The summed E-state index contributed by atoms with van der Waals surface area (Å²) >= 11 is 0. The summed E-state index contributed by atoms with van der Waals surface area (Å²) in [6.45, 7) is 1.61. The van der Waals surface area contributed by atoms with Crippen molar-refractivity contribution in [1.82, 2.24) is 0 Å². The minimum Gasteiger partial charge on any atom is -0.324 e. The number of benzene rings is 1. The van der Waals surface area contributed by atoms with Gasteiger partial charge in [0.25, 0.3) is 0 Å². The number of nitrogens with two attached hydrogens (primary N) is 1. The largest absolute Gasteiger partial charge is 0.458 e. The molecule has 1 atom stereocenters. The molecule has 1 nitrogen and oxygen atoms in total. The van der Waals surface area contributed by atoms with Crippen molar-refractivity contribution in [2.75, 3.05) is 0 Å². The molecule has 0 saturated heterocycles. The van der Waals surface area contributed by atoms with Crippen LogP contribution in [0.2, 0.25) is 0 Å². The van der Waals surface area contributed by atoms with Gasteiger partial charge < -0.3 is 5.73 Å². The van der Waals surface area contributed by atoms with Crippen LogP contribution in [0.3, 0.4) is 0 Å². The van der Waals surface area contributed by atoms with Crippen LogP contribution in [0.4, 0.5) is 22.0 Å². The van der Waals surface area contributed by atoms with Gasteiger partial charge in [-0.3, -0.25) is 0 Å². The van der Waals surface area contributed by atoms with Crippen molar-refractivity contribution in [2.45, 2.75) is 25.1 Å². The lowest BCUT2D eigenvalue weighted by Crippen LogP contribution is -2.33. The molecule has 1 aromatic rings. The number of halogens is 5. The molecule has 16 heavy (non-hydrogen) atoms. The van der Waals surface area contributed by atoms with Gasteiger partial charge in [-0.15, -0.1) is 0 Å². The first-order valence-electron chi connectivity index (χ1n) is 4.47. The first-order valence-corrected chi connectivity index (χ1v) is 4.47. The number of hydrogen-bond acceptors (Lipinski definition) is 1. The molecule has 1 aromatic carbocycles. The third-order valence-electron chi connectivity index (χ3n) is 2.16. The zero-order valence-electron chi connectivity index (χ0n) is 8.35. The smallest absolute Gasteiger partial charge is 0.324 e. The second-order valence-electron chi connectivity index (χ2n) is 3.48. The Hall–Kier alpha value is -1.17. The van der Waals surface area contributed by atoms with Gasteiger partial charge in [-0.2, -0.15) is 22.0 Å². The molecule has 2 N–H and O–H groups in total. The van der Waals surface area contributed by atoms with Gasteiger partial charge in [0, 0.05) is 11.6 Å². The highest BCUT2D eigenvalue weighted by Crippen LogP contribution is 2.43. The lowest BCUT2D eigenvalue weighted by molar-refractivity contribution is -0.289. The number of rotatable bonds is 2. The molecule has 0 amide bonds. The Kier molecular flexibility index (Phi) is 3.23. The summed E-state index contributed by atoms with van der Waals surface area (Å²) in [4.78, 5) is 0. The second-order valence-corrected chi connectivity index (χ2v) is 3.48. The van der Waals surface area contributed by atoms with Crippen LogP contribution in [0, 0.1) is 0 Å². The van der Waals surface area contributed by atoms with E-state index in [9.17, 15) is 22.0 Å². The second kappa shape index (κ2) is 4.01. The number of hydrogen-bond donors (Lipinski definition) is 1. The SMILES string of the molecule is C[C@H](N)c1ccc(C(F)(F)C(F)(F)F)cc1. The minimum atomic E-state index is -5.58. The van der Waals surface area contributed by atoms with E-state index in [1.807, 2.05) is 0 Å². The van der Waals surface area contributed by atoms with E-state index in [2.05, 4.69) is 0 Å². The fourth-order valence-electron chi connectivity index (χ4n) is 1.16. The van der Waals surface area contributed by atoms with E-state index in [0.717, 1.165) is 12.1 Å². The van der Waals surface area contributed by atoms with Crippen molar-refractivity contribution in [3.63, 3.8) is 0 Å². The highest BCUT2D eigenvalue weighted by Gasteiger charge is 2.58. The molecule has 90 valence electrons. The molecule has 0 saturated carbocycles. The maximum absolute atomic E-state index is 12.8. The van der Waals surface area contributed by atoms with Crippen molar-refractivity contribution in [3.8, 4) is 0 Å². The monoisotopic (exact) mass is 239 g/mol. The molecule has 0 heterocycles. The summed E-state index contributed by atoms with van der Waals surface area (Å²) in [5.74, 6) is -4.83. The first kappa shape index (κ1) is 12.9. The third kappa shape index (κ3) is 2.32. The molecule has 0 unspecified atom stereocenters. The van der Waals surface area contributed by atoms with Crippen molar-refractivity contribution in [3.05, 3.63) is 35.4 Å². The summed E-state index contributed by atoms with van der Waals surface area (Å²) in [5, 5.41) is 0. The van der Waals surface area contributed by atoms with Crippen molar-refractivity contribution in [1.29, 1.82) is 0 Å². The van der Waals surface area contributed by atoms with Gasteiger partial charge >= 0.3 is 12.1 Å². The van der Waals surface area contributed by atoms with Crippen LogP contribution < -0.4 is 5.73 Å². The minimum absolute atomic E-state index is 0.409. The molecule has 0 aromatic heterocycles. The van der Waals surface area contributed by atoms with Crippen LogP contribution in [0.25, 0.3) is 0 Å². The van der Waals surface area contributed by atoms with Crippen molar-refractivity contribution in [2.24, 2.45) is 5.73 Å². The Bertz CT molecular complexity index is 352. The summed E-state index contributed by atoms with van der Waals surface area (Å²) in [6, 6.07) is 3.41. The highest BCUT2D eigenvalue weighted by atomic mass is 19.4. The van der Waals surface area contributed by atoms with E-state index in [-0.39, 0.29) is 0 Å². The Morgan fingerprint density at radius 2 is 1.44 bits per heavy atom. The third-order valence-corrected chi connectivity index (χ3v) is 2.16. The molecule has 1 rings (SSSR count). The molecule has 0 fully saturated rings. The first-order chi connectivity index (χ1) is 7.16. The van der Waals surface area contributed by atoms with Crippen LogP contribution in [-0.2, 0) is 5.92 Å². The van der Waals surface area contributed by atoms with Crippen molar-refractivity contribution < 1.29 is 22.0 Å². The summed E-state index contributed by atoms with van der Waals surface area (Å²) < 4.78 is 61.7. The van der Waals surface area contributed by atoms with Crippen LogP contribution in [0.1, 0.15) is 24.1 Å². The quantitative estimate of drug-likeness (QED) is 0.787. The molecular formula is C10H10F5N. The van der Waals surface area contributed by atoms with Crippen LogP contribution >= 0.6 is 0 Å². The topological polar surface area (TPSA) is 26.0 Å². The Morgan fingerprint density at radius 3 is 1.75 bits per heavy atom. The van der Waals surface area contributed by atoms with E-state index in [4.69, 9.17) is 5.73 Å². The van der Waals surface area contributed by atoms with E-state index in [1.165, 1.54) is 12.1 Å². The predicted molar refractivity (Wildman–Crippen MR) is 49.0 cm³/mol. The highest BCUT2D eigenvalue weighted by molar-refractivity contribution is 5.28. The fraction of sp³-hybridized carbons (Fsp3) is 0.400. The molecule has 0 radical (unpaired) electrons. The van der Waals surface area contributed by atoms with E-state index < -0.39 is 23.7 Å². The molecule has 0 aliphatic heterocycles. The Labute approximate surface area is 89.1 Å². The molecule has 0 aliphatic rings. The van der Waals surface area contributed by atoms with Crippen LogP contribution in [0.5, 0.6) is 0 Å². The van der Waals surface area contributed by atoms with Crippen LogP contribution in [0.15, 0.2) is 24.3 Å². The standard InChI is InChI=1S/C10H10F5N/c1-6(16)7-2-4-8(5-3-7)9(11,12)10(13,14)15/h2-6H,16H2,1H3/t6-/m0/s1. The van der Waals surface area contributed by atoms with E-state index in [0.29, 0.717) is 5.56 Å². The predicted octanol–water partition coefficient (Wildman–Crippen LogP) is 3.36. The molecule has 0 aliphatic carbocycles. The summed E-state index contributed by atoms with van der Waals surface area (Å²) in [5.41, 5.74) is 4.87. The molecule has 0 spiro atoms. The zero-order chi connectivity index (χ0) is 12.6. The fourth-order valence-corrected chi connectivity index (χ4v) is 1.16. The Morgan fingerprint density at radius 1 is 1.00 bits per heavy atom. The van der Waals surface area contributed by atoms with Gasteiger partial charge in [-0.1, -0.05) is 24.3 Å². The molecule has 0 bridgehead atoms. The molecular weight excluding hydrogens is 229 g/mol. The average molecular weight is 239 g/mol. The van der Waals surface area contributed by atoms with Crippen LogP contribution in [-0.4, -0.2) is 6.18 Å². The molecule has 6 heteroatoms. The number of alkyl halides is 5. The lowest BCUT2D eigenvalue weighted by Gasteiger charge is -2.20. The zero-order valence-corrected chi connectivity index (χ0v) is 8.35. The maximum Gasteiger partial charge on any atom is 0.458 e. The maximum atomic E-state index is 12.8. The van der Waals surface area contributed by atoms with E-state index in [1.54, 1.807) is 6.92 Å². The Balaban J connectivity index is 3.07. The van der Waals surface area contributed by atoms with Crippen molar-refractivity contribution >= 4 is 0 Å². The van der Waals surface area contributed by atoms with Gasteiger partial charge in [0.1, 0.15) is 0 Å².